The van der Waals surface area contributed by atoms with Crippen molar-refractivity contribution in [2.45, 2.75) is 27.4 Å². The Hall–Kier alpha value is -3.07. The Bertz CT molecular complexity index is 1220. The van der Waals surface area contributed by atoms with Crippen molar-refractivity contribution in [2.75, 3.05) is 5.32 Å². The number of hydrogen-bond donors (Lipinski definition) is 1. The van der Waals surface area contributed by atoms with Gasteiger partial charge in [-0.3, -0.25) is 4.79 Å². The topological polar surface area (TPSA) is 62.1 Å². The molecule has 32 heavy (non-hydrogen) atoms. The molecule has 0 fully saturated rings. The Morgan fingerprint density at radius 2 is 1.81 bits per heavy atom. The number of nitrogens with zero attached hydrogens (tertiary/aromatic N) is 1. The van der Waals surface area contributed by atoms with Crippen LogP contribution in [0, 0.1) is 32.1 Å². The van der Waals surface area contributed by atoms with E-state index in [-0.39, 0.29) is 5.57 Å². The fourth-order valence-corrected chi connectivity index (χ4v) is 3.85. The van der Waals surface area contributed by atoms with Gasteiger partial charge in [0, 0.05) is 20.7 Å². The third kappa shape index (κ3) is 6.23. The van der Waals surface area contributed by atoms with E-state index < -0.39 is 5.91 Å². The van der Waals surface area contributed by atoms with E-state index in [2.05, 4.69) is 39.4 Å². The van der Waals surface area contributed by atoms with Crippen LogP contribution < -0.4 is 10.1 Å². The van der Waals surface area contributed by atoms with Gasteiger partial charge in [-0.2, -0.15) is 5.26 Å². The number of nitriles is 1. The molecule has 3 aromatic rings. The number of anilines is 1. The van der Waals surface area contributed by atoms with Gasteiger partial charge in [0.2, 0.25) is 0 Å². The summed E-state index contributed by atoms with van der Waals surface area (Å²) in [5.41, 5.74) is 5.37. The average Bonchev–Trinajstić information content (AvgIpc) is 2.73. The minimum absolute atomic E-state index is 0.0428. The smallest absolute Gasteiger partial charge is 0.266 e. The van der Waals surface area contributed by atoms with E-state index >= 15 is 0 Å². The average molecular weight is 510 g/mol. The first-order valence-corrected chi connectivity index (χ1v) is 11.1. The molecule has 3 aromatic carbocycles. The lowest BCUT2D eigenvalue weighted by Gasteiger charge is -2.12. The second kappa shape index (κ2) is 10.5. The molecule has 0 radical (unpaired) electrons. The third-order valence-electron chi connectivity index (χ3n) is 4.76. The van der Waals surface area contributed by atoms with Crippen LogP contribution >= 0.6 is 27.5 Å². The number of ether oxygens (including phenoxy) is 1. The lowest BCUT2D eigenvalue weighted by Crippen LogP contribution is -2.14. The molecule has 0 spiro atoms. The van der Waals surface area contributed by atoms with Crippen molar-refractivity contribution in [3.8, 4) is 11.8 Å². The van der Waals surface area contributed by atoms with Crippen molar-refractivity contribution in [1.29, 1.82) is 5.26 Å². The Morgan fingerprint density at radius 3 is 2.50 bits per heavy atom. The number of carbonyl (C=O) groups excluding carboxylic acids is 1. The van der Waals surface area contributed by atoms with Gasteiger partial charge in [0.1, 0.15) is 24.0 Å². The minimum Gasteiger partial charge on any atom is -0.488 e. The molecule has 1 amide bonds. The van der Waals surface area contributed by atoms with Gasteiger partial charge in [-0.15, -0.1) is 0 Å². The monoisotopic (exact) mass is 508 g/mol. The Kier molecular flexibility index (Phi) is 7.74. The van der Waals surface area contributed by atoms with Crippen LogP contribution in [-0.2, 0) is 11.4 Å². The normalized spacial score (nSPS) is 11.1. The van der Waals surface area contributed by atoms with Crippen LogP contribution in [-0.4, -0.2) is 5.91 Å². The van der Waals surface area contributed by atoms with E-state index in [1.165, 1.54) is 17.2 Å². The maximum atomic E-state index is 12.8. The summed E-state index contributed by atoms with van der Waals surface area (Å²) in [4.78, 5) is 12.8. The van der Waals surface area contributed by atoms with Crippen LogP contribution in [0.4, 0.5) is 5.69 Å². The van der Waals surface area contributed by atoms with Gasteiger partial charge in [-0.05, 0) is 68.3 Å². The Balaban J connectivity index is 1.86. The van der Waals surface area contributed by atoms with E-state index in [9.17, 15) is 10.1 Å². The van der Waals surface area contributed by atoms with Crippen molar-refractivity contribution >= 4 is 45.2 Å². The summed E-state index contributed by atoms with van der Waals surface area (Å²) < 4.78 is 6.85. The van der Waals surface area contributed by atoms with Crippen LogP contribution in [0.1, 0.15) is 27.8 Å². The largest absolute Gasteiger partial charge is 0.488 e. The van der Waals surface area contributed by atoms with Gasteiger partial charge in [0.15, 0.2) is 0 Å². The van der Waals surface area contributed by atoms with Crippen molar-refractivity contribution in [3.05, 3.63) is 97.5 Å². The van der Waals surface area contributed by atoms with Gasteiger partial charge in [-0.25, -0.2) is 0 Å². The molecule has 0 bridgehead atoms. The molecule has 0 aliphatic heterocycles. The molecule has 4 nitrogen and oxygen atoms in total. The predicted octanol–water partition coefficient (Wildman–Crippen LogP) is 7.15. The summed E-state index contributed by atoms with van der Waals surface area (Å²) in [6.45, 7) is 6.32. The third-order valence-corrected chi connectivity index (χ3v) is 5.49. The standard InChI is InChI=1S/C26H22BrClN2O2/c1-16-8-17(2)10-19(9-16)15-32-25-7-5-22(27)12-20(25)11-21(14-29)26(31)30-24-13-23(28)6-4-18(24)3/h4-13H,15H2,1-3H3,(H,30,31)/b21-11+. The zero-order valence-electron chi connectivity index (χ0n) is 18.0. The summed E-state index contributed by atoms with van der Waals surface area (Å²) in [5, 5.41) is 12.9. The number of halogens is 2. The first-order valence-electron chi connectivity index (χ1n) is 9.94. The molecule has 0 aromatic heterocycles. The number of carbonyl (C=O) groups is 1. The maximum Gasteiger partial charge on any atom is 0.266 e. The highest BCUT2D eigenvalue weighted by atomic mass is 79.9. The van der Waals surface area contributed by atoms with E-state index in [0.29, 0.717) is 28.6 Å². The van der Waals surface area contributed by atoms with Crippen LogP contribution in [0.25, 0.3) is 6.08 Å². The molecule has 162 valence electrons. The van der Waals surface area contributed by atoms with Crippen molar-refractivity contribution in [1.82, 2.24) is 0 Å². The summed E-state index contributed by atoms with van der Waals surface area (Å²) in [6.07, 6.45) is 1.52. The molecule has 0 unspecified atom stereocenters. The molecular formula is C26H22BrClN2O2. The summed E-state index contributed by atoms with van der Waals surface area (Å²) >= 11 is 9.48. The van der Waals surface area contributed by atoms with E-state index in [1.54, 1.807) is 18.2 Å². The van der Waals surface area contributed by atoms with Crippen molar-refractivity contribution in [3.63, 3.8) is 0 Å². The molecule has 0 heterocycles. The lowest BCUT2D eigenvalue weighted by molar-refractivity contribution is -0.112. The highest BCUT2D eigenvalue weighted by Crippen LogP contribution is 2.27. The second-order valence-electron chi connectivity index (χ2n) is 7.55. The van der Waals surface area contributed by atoms with Gasteiger partial charge >= 0.3 is 0 Å². The molecular weight excluding hydrogens is 488 g/mol. The molecule has 1 N–H and O–H groups in total. The highest BCUT2D eigenvalue weighted by molar-refractivity contribution is 9.10. The van der Waals surface area contributed by atoms with Crippen molar-refractivity contribution < 1.29 is 9.53 Å². The van der Waals surface area contributed by atoms with E-state index in [0.717, 1.165) is 15.6 Å². The van der Waals surface area contributed by atoms with Crippen LogP contribution in [0.2, 0.25) is 5.02 Å². The number of aryl methyl sites for hydroxylation is 3. The molecule has 0 aliphatic rings. The van der Waals surface area contributed by atoms with Crippen LogP contribution in [0.5, 0.6) is 5.75 Å². The Labute approximate surface area is 201 Å². The maximum absolute atomic E-state index is 12.8. The number of nitrogens with one attached hydrogen (secondary N) is 1. The van der Waals surface area contributed by atoms with Gasteiger partial charge < -0.3 is 10.1 Å². The zero-order chi connectivity index (χ0) is 23.3. The van der Waals surface area contributed by atoms with Crippen molar-refractivity contribution in [2.24, 2.45) is 0 Å². The second-order valence-corrected chi connectivity index (χ2v) is 8.90. The highest BCUT2D eigenvalue weighted by Gasteiger charge is 2.13. The van der Waals surface area contributed by atoms with Gasteiger partial charge in [0.25, 0.3) is 5.91 Å². The number of amides is 1. The van der Waals surface area contributed by atoms with Gasteiger partial charge in [-0.1, -0.05) is 62.9 Å². The predicted molar refractivity (Wildman–Crippen MR) is 133 cm³/mol. The molecule has 0 saturated carbocycles. The molecule has 0 atom stereocenters. The minimum atomic E-state index is -0.516. The molecule has 6 heteroatoms. The fourth-order valence-electron chi connectivity index (χ4n) is 3.30. The fraction of sp³-hybridized carbons (Fsp3) is 0.154. The van der Waals surface area contributed by atoms with Crippen LogP contribution in [0.3, 0.4) is 0 Å². The first kappa shape index (κ1) is 23.6. The number of benzene rings is 3. The summed E-state index contributed by atoms with van der Waals surface area (Å²) in [6, 6.07) is 18.9. The quantitative estimate of drug-likeness (QED) is 0.283. The van der Waals surface area contributed by atoms with Crippen LogP contribution in [0.15, 0.2) is 64.6 Å². The van der Waals surface area contributed by atoms with Gasteiger partial charge in [0.05, 0.1) is 0 Å². The first-order chi connectivity index (χ1) is 15.2. The van der Waals surface area contributed by atoms with E-state index in [1.807, 2.05) is 45.0 Å². The lowest BCUT2D eigenvalue weighted by atomic mass is 10.1. The van der Waals surface area contributed by atoms with E-state index in [4.69, 9.17) is 16.3 Å². The summed E-state index contributed by atoms with van der Waals surface area (Å²) in [5.74, 6) is 0.0601. The number of hydrogen-bond acceptors (Lipinski definition) is 3. The Morgan fingerprint density at radius 1 is 1.09 bits per heavy atom. The SMILES string of the molecule is Cc1cc(C)cc(COc2ccc(Br)cc2/C=C(\C#N)C(=O)Nc2cc(Cl)ccc2C)c1. The summed E-state index contributed by atoms with van der Waals surface area (Å²) in [7, 11) is 0. The molecule has 3 rings (SSSR count). The molecule has 0 saturated heterocycles. The number of rotatable bonds is 6. The molecule has 0 aliphatic carbocycles. The zero-order valence-corrected chi connectivity index (χ0v) is 20.3.